The number of benzene rings is 1. The molecule has 1 aliphatic rings. The minimum absolute atomic E-state index is 0.245. The van der Waals surface area contributed by atoms with Crippen LogP contribution in [-0.2, 0) is 4.74 Å². The summed E-state index contributed by atoms with van der Waals surface area (Å²) in [6.07, 6.45) is -0.366. The maximum absolute atomic E-state index is 13.6. The molecule has 1 aromatic carbocycles. The molecule has 1 atom stereocenters. The van der Waals surface area contributed by atoms with Crippen LogP contribution in [-0.4, -0.2) is 24.6 Å². The zero-order valence-corrected chi connectivity index (χ0v) is 8.48. The minimum Gasteiger partial charge on any atom is -0.371 e. The van der Waals surface area contributed by atoms with Crippen LogP contribution in [0.15, 0.2) is 18.2 Å². The van der Waals surface area contributed by atoms with Gasteiger partial charge in [0.1, 0.15) is 5.82 Å². The van der Waals surface area contributed by atoms with Gasteiger partial charge in [0.05, 0.1) is 23.7 Å². The van der Waals surface area contributed by atoms with Gasteiger partial charge in [-0.2, -0.15) is 0 Å². The number of rotatable bonds is 2. The molecule has 1 aliphatic heterocycles. The van der Waals surface area contributed by atoms with E-state index in [4.69, 9.17) is 4.74 Å². The second kappa shape index (κ2) is 4.54. The zero-order chi connectivity index (χ0) is 11.5. The second-order valence-corrected chi connectivity index (χ2v) is 3.53. The molecule has 0 aliphatic carbocycles. The van der Waals surface area contributed by atoms with Crippen molar-refractivity contribution in [1.29, 1.82) is 0 Å². The highest BCUT2D eigenvalue weighted by Crippen LogP contribution is 2.24. The van der Waals surface area contributed by atoms with Gasteiger partial charge in [0.15, 0.2) is 0 Å². The number of nitrogens with zero attached hydrogens (tertiary/aromatic N) is 1. The molecule has 0 spiro atoms. The zero-order valence-electron chi connectivity index (χ0n) is 8.48. The third-order valence-corrected chi connectivity index (χ3v) is 2.47. The summed E-state index contributed by atoms with van der Waals surface area (Å²) in [6, 6.07) is 3.62. The first-order valence-electron chi connectivity index (χ1n) is 4.94. The van der Waals surface area contributed by atoms with Crippen LogP contribution >= 0.6 is 0 Å². The lowest BCUT2D eigenvalue weighted by Gasteiger charge is -2.24. The summed E-state index contributed by atoms with van der Waals surface area (Å²) in [6.45, 7) is 1.78. The van der Waals surface area contributed by atoms with Gasteiger partial charge in [-0.3, -0.25) is 10.1 Å². The van der Waals surface area contributed by atoms with Gasteiger partial charge in [-0.15, -0.1) is 0 Å². The number of morpholine rings is 1. The number of non-ortho nitro benzene ring substituents is 1. The lowest BCUT2D eigenvalue weighted by Crippen LogP contribution is -2.33. The number of hydrogen-bond donors (Lipinski definition) is 1. The van der Waals surface area contributed by atoms with E-state index in [-0.39, 0.29) is 11.8 Å². The number of nitrogens with one attached hydrogen (secondary N) is 1. The summed E-state index contributed by atoms with van der Waals surface area (Å²) >= 11 is 0. The molecular weight excluding hydrogens is 215 g/mol. The average Bonchev–Trinajstić information content (AvgIpc) is 2.30. The van der Waals surface area contributed by atoms with Crippen LogP contribution in [0, 0.1) is 15.9 Å². The SMILES string of the molecule is O=[N+]([O-])c1ccc(C2CNCCO2)c(F)c1. The molecule has 1 fully saturated rings. The molecule has 0 bridgehead atoms. The van der Waals surface area contributed by atoms with Crippen LogP contribution in [0.3, 0.4) is 0 Å². The highest BCUT2D eigenvalue weighted by molar-refractivity contribution is 5.35. The fraction of sp³-hybridized carbons (Fsp3) is 0.400. The van der Waals surface area contributed by atoms with E-state index in [1.54, 1.807) is 0 Å². The summed E-state index contributed by atoms with van der Waals surface area (Å²) in [4.78, 5) is 9.82. The van der Waals surface area contributed by atoms with Crippen LogP contribution in [0.4, 0.5) is 10.1 Å². The molecule has 0 amide bonds. The van der Waals surface area contributed by atoms with Gasteiger partial charge in [-0.05, 0) is 6.07 Å². The van der Waals surface area contributed by atoms with Crippen molar-refractivity contribution >= 4 is 5.69 Å². The van der Waals surface area contributed by atoms with E-state index in [1.807, 2.05) is 0 Å². The van der Waals surface area contributed by atoms with Crippen LogP contribution in [0.5, 0.6) is 0 Å². The number of halogens is 1. The molecule has 0 saturated carbocycles. The number of nitro groups is 1. The highest BCUT2D eigenvalue weighted by atomic mass is 19.1. The minimum atomic E-state index is -0.618. The molecule has 5 nitrogen and oxygen atoms in total. The third-order valence-electron chi connectivity index (χ3n) is 2.47. The van der Waals surface area contributed by atoms with Crippen molar-refractivity contribution in [2.24, 2.45) is 0 Å². The van der Waals surface area contributed by atoms with Crippen molar-refractivity contribution in [3.05, 3.63) is 39.7 Å². The van der Waals surface area contributed by atoms with Gasteiger partial charge in [0.25, 0.3) is 5.69 Å². The summed E-state index contributed by atoms with van der Waals surface area (Å²) in [5.74, 6) is -0.595. The Hall–Kier alpha value is -1.53. The molecule has 2 rings (SSSR count). The van der Waals surface area contributed by atoms with Crippen molar-refractivity contribution in [2.75, 3.05) is 19.7 Å². The van der Waals surface area contributed by atoms with Crippen LogP contribution in [0.25, 0.3) is 0 Å². The smallest absolute Gasteiger partial charge is 0.272 e. The van der Waals surface area contributed by atoms with Gasteiger partial charge < -0.3 is 10.1 Å². The molecule has 1 N–H and O–H groups in total. The molecular formula is C10H11FN2O3. The summed E-state index contributed by atoms with van der Waals surface area (Å²) in [5.41, 5.74) is 0.114. The number of hydrogen-bond acceptors (Lipinski definition) is 4. The van der Waals surface area contributed by atoms with Gasteiger partial charge in [-0.1, -0.05) is 0 Å². The molecule has 86 valence electrons. The van der Waals surface area contributed by atoms with E-state index in [0.717, 1.165) is 12.6 Å². The average molecular weight is 226 g/mol. The van der Waals surface area contributed by atoms with Crippen molar-refractivity contribution in [3.8, 4) is 0 Å². The largest absolute Gasteiger partial charge is 0.371 e. The summed E-state index contributed by atoms with van der Waals surface area (Å²) < 4.78 is 19.0. The van der Waals surface area contributed by atoms with E-state index >= 15 is 0 Å². The first kappa shape index (κ1) is 11.0. The lowest BCUT2D eigenvalue weighted by molar-refractivity contribution is -0.385. The fourth-order valence-electron chi connectivity index (χ4n) is 1.66. The normalized spacial score (nSPS) is 20.7. The first-order valence-corrected chi connectivity index (χ1v) is 4.94. The molecule has 1 heterocycles. The summed E-state index contributed by atoms with van der Waals surface area (Å²) in [7, 11) is 0. The Morgan fingerprint density at radius 1 is 1.56 bits per heavy atom. The Morgan fingerprint density at radius 2 is 2.38 bits per heavy atom. The van der Waals surface area contributed by atoms with Gasteiger partial charge in [0.2, 0.25) is 0 Å². The Morgan fingerprint density at radius 3 is 2.94 bits per heavy atom. The second-order valence-electron chi connectivity index (χ2n) is 3.53. The predicted molar refractivity (Wildman–Crippen MR) is 54.6 cm³/mol. The maximum atomic E-state index is 13.6. The van der Waals surface area contributed by atoms with Crippen LogP contribution < -0.4 is 5.32 Å². The Kier molecular flexibility index (Phi) is 3.12. The van der Waals surface area contributed by atoms with E-state index in [2.05, 4.69) is 5.32 Å². The maximum Gasteiger partial charge on any atom is 0.272 e. The molecule has 0 aromatic heterocycles. The van der Waals surface area contributed by atoms with Crippen molar-refractivity contribution in [2.45, 2.75) is 6.10 Å². The third kappa shape index (κ3) is 2.17. The molecule has 0 radical (unpaired) electrons. The fourth-order valence-corrected chi connectivity index (χ4v) is 1.66. The predicted octanol–water partition coefficient (Wildman–Crippen LogP) is 1.39. The van der Waals surface area contributed by atoms with E-state index in [0.29, 0.717) is 18.7 Å². The molecule has 16 heavy (non-hydrogen) atoms. The standard InChI is InChI=1S/C10H11FN2O3/c11-9-5-7(13(14)15)1-2-8(9)10-6-12-3-4-16-10/h1-2,5,10,12H,3-4,6H2. The Balaban J connectivity index is 2.24. The van der Waals surface area contributed by atoms with E-state index < -0.39 is 10.7 Å². The lowest BCUT2D eigenvalue weighted by atomic mass is 10.1. The quantitative estimate of drug-likeness (QED) is 0.611. The van der Waals surface area contributed by atoms with Gasteiger partial charge in [0, 0.05) is 24.7 Å². The molecule has 1 saturated heterocycles. The molecule has 6 heteroatoms. The van der Waals surface area contributed by atoms with E-state index in [1.165, 1.54) is 12.1 Å². The number of ether oxygens (including phenoxy) is 1. The van der Waals surface area contributed by atoms with Crippen LogP contribution in [0.2, 0.25) is 0 Å². The molecule has 1 aromatic rings. The first-order chi connectivity index (χ1) is 7.68. The topological polar surface area (TPSA) is 64.4 Å². The van der Waals surface area contributed by atoms with Crippen molar-refractivity contribution in [1.82, 2.24) is 5.32 Å². The molecule has 1 unspecified atom stereocenters. The van der Waals surface area contributed by atoms with Crippen molar-refractivity contribution < 1.29 is 14.1 Å². The monoisotopic (exact) mass is 226 g/mol. The van der Waals surface area contributed by atoms with Crippen LogP contribution in [0.1, 0.15) is 11.7 Å². The number of nitro benzene ring substituents is 1. The highest BCUT2D eigenvalue weighted by Gasteiger charge is 2.21. The van der Waals surface area contributed by atoms with Gasteiger partial charge >= 0.3 is 0 Å². The van der Waals surface area contributed by atoms with Gasteiger partial charge in [-0.25, -0.2) is 4.39 Å². The Bertz CT molecular complexity index is 405. The Labute approximate surface area is 91.4 Å². The van der Waals surface area contributed by atoms with Crippen molar-refractivity contribution in [3.63, 3.8) is 0 Å². The van der Waals surface area contributed by atoms with E-state index in [9.17, 15) is 14.5 Å². The summed E-state index contributed by atoms with van der Waals surface area (Å²) in [5, 5.41) is 13.5.